The Morgan fingerprint density at radius 1 is 1.12 bits per heavy atom. The van der Waals surface area contributed by atoms with Gasteiger partial charge < -0.3 is 15.3 Å². The van der Waals surface area contributed by atoms with Gasteiger partial charge in [-0.25, -0.2) is 4.79 Å². The normalized spacial score (nSPS) is 16.4. The molecule has 32 heavy (non-hydrogen) atoms. The van der Waals surface area contributed by atoms with E-state index in [4.69, 9.17) is 0 Å². The molecule has 1 saturated heterocycles. The van der Waals surface area contributed by atoms with E-state index in [2.05, 4.69) is 5.32 Å². The third kappa shape index (κ3) is 7.70. The number of hydrogen-bond donors (Lipinski definition) is 2. The van der Waals surface area contributed by atoms with E-state index in [0.29, 0.717) is 6.42 Å². The van der Waals surface area contributed by atoms with Gasteiger partial charge in [-0.05, 0) is 65.4 Å². The number of amides is 3. The summed E-state index contributed by atoms with van der Waals surface area (Å²) in [4.78, 5) is 40.3. The van der Waals surface area contributed by atoms with Crippen LogP contribution in [-0.2, 0) is 16.0 Å². The fourth-order valence-electron chi connectivity index (χ4n) is 4.06. The summed E-state index contributed by atoms with van der Waals surface area (Å²) in [5.74, 6) is -0.422. The fourth-order valence-corrected chi connectivity index (χ4v) is 4.06. The first-order chi connectivity index (χ1) is 15.1. The van der Waals surface area contributed by atoms with E-state index in [1.165, 1.54) is 0 Å². The lowest BCUT2D eigenvalue weighted by molar-refractivity contribution is -0.128. The van der Waals surface area contributed by atoms with Gasteiger partial charge in [0.25, 0.3) is 0 Å². The van der Waals surface area contributed by atoms with Crippen LogP contribution in [0.5, 0.6) is 0 Å². The molecule has 7 nitrogen and oxygen atoms in total. The van der Waals surface area contributed by atoms with Crippen LogP contribution in [0.25, 0.3) is 0 Å². The number of carbonyl (C=O) groups is 3. The van der Waals surface area contributed by atoms with E-state index < -0.39 is 17.7 Å². The molecular weight excluding hydrogens is 406 g/mol. The number of aryl methyl sites for hydroxylation is 1. The number of hydrogen-bond acceptors (Lipinski definition) is 3. The van der Waals surface area contributed by atoms with E-state index in [0.717, 1.165) is 49.2 Å². The van der Waals surface area contributed by atoms with Crippen molar-refractivity contribution in [1.29, 1.82) is 0 Å². The van der Waals surface area contributed by atoms with Crippen molar-refractivity contribution in [3.05, 3.63) is 48.0 Å². The molecule has 176 valence electrons. The quantitative estimate of drug-likeness (QED) is 0.598. The minimum absolute atomic E-state index is 0.0430. The standard InChI is InChI=1S/C25H37N3O4/c1-19(28(24(31)32)25(2,3)4)23(30)26-21(14-13-20-11-7-5-8-12-20)15-16-22(29)27-17-9-6-10-18-27/h5,7-8,11-12,15-16,19,21H,6,9-10,13-14,17-18H2,1-4H3,(H,26,30)(H,31,32)/t19-,21-/m0/s1. The third-order valence-corrected chi connectivity index (χ3v) is 5.75. The topological polar surface area (TPSA) is 90.0 Å². The number of carboxylic acid groups (broad SMARTS) is 1. The van der Waals surface area contributed by atoms with Crippen molar-refractivity contribution >= 4 is 17.9 Å². The van der Waals surface area contributed by atoms with Crippen LogP contribution in [0.1, 0.15) is 58.9 Å². The van der Waals surface area contributed by atoms with Gasteiger partial charge in [0, 0.05) is 30.7 Å². The maximum atomic E-state index is 13.0. The lowest BCUT2D eigenvalue weighted by Crippen LogP contribution is -2.56. The van der Waals surface area contributed by atoms with Gasteiger partial charge in [-0.1, -0.05) is 36.4 Å². The molecule has 2 rings (SSSR count). The Hall–Kier alpha value is -2.83. The molecule has 0 aliphatic carbocycles. The summed E-state index contributed by atoms with van der Waals surface area (Å²) in [7, 11) is 0. The van der Waals surface area contributed by atoms with Crippen LogP contribution in [0.15, 0.2) is 42.5 Å². The highest BCUT2D eigenvalue weighted by Gasteiger charge is 2.35. The monoisotopic (exact) mass is 443 g/mol. The lowest BCUT2D eigenvalue weighted by atomic mass is 10.0. The van der Waals surface area contributed by atoms with E-state index in [9.17, 15) is 19.5 Å². The summed E-state index contributed by atoms with van der Waals surface area (Å²) in [5, 5.41) is 12.6. The van der Waals surface area contributed by atoms with Crippen LogP contribution in [0.2, 0.25) is 0 Å². The maximum Gasteiger partial charge on any atom is 0.408 e. The Labute approximate surface area is 191 Å². The van der Waals surface area contributed by atoms with Crippen LogP contribution >= 0.6 is 0 Å². The second-order valence-corrected chi connectivity index (χ2v) is 9.38. The first kappa shape index (κ1) is 25.4. The van der Waals surface area contributed by atoms with Crippen LogP contribution in [0, 0.1) is 0 Å². The molecule has 0 saturated carbocycles. The van der Waals surface area contributed by atoms with Crippen molar-refractivity contribution in [3.63, 3.8) is 0 Å². The highest BCUT2D eigenvalue weighted by molar-refractivity contribution is 5.88. The number of likely N-dealkylation sites (tertiary alicyclic amines) is 1. The van der Waals surface area contributed by atoms with E-state index >= 15 is 0 Å². The SMILES string of the molecule is C[C@@H](C(=O)N[C@H](C=CC(=O)N1CCCCC1)CCc1ccccc1)N(C(=O)O)C(C)(C)C. The second kappa shape index (κ2) is 11.7. The Bertz CT molecular complexity index is 795. The third-order valence-electron chi connectivity index (χ3n) is 5.75. The highest BCUT2D eigenvalue weighted by atomic mass is 16.4. The van der Waals surface area contributed by atoms with Gasteiger partial charge in [0.15, 0.2) is 0 Å². The number of piperidine rings is 1. The fraction of sp³-hybridized carbons (Fsp3) is 0.560. The maximum absolute atomic E-state index is 13.0. The summed E-state index contributed by atoms with van der Waals surface area (Å²) >= 11 is 0. The summed E-state index contributed by atoms with van der Waals surface area (Å²) in [6.07, 6.45) is 6.66. The molecule has 3 amide bonds. The largest absolute Gasteiger partial charge is 0.465 e. The van der Waals surface area contributed by atoms with Crippen LogP contribution in [-0.4, -0.2) is 63.5 Å². The number of nitrogens with zero attached hydrogens (tertiary/aromatic N) is 2. The molecule has 0 radical (unpaired) electrons. The van der Waals surface area contributed by atoms with Gasteiger partial charge in [0.1, 0.15) is 6.04 Å². The van der Waals surface area contributed by atoms with Gasteiger partial charge in [-0.15, -0.1) is 0 Å². The van der Waals surface area contributed by atoms with Crippen molar-refractivity contribution in [3.8, 4) is 0 Å². The molecule has 0 bridgehead atoms. The predicted octanol–water partition coefficient (Wildman–Crippen LogP) is 3.84. The molecule has 1 fully saturated rings. The van der Waals surface area contributed by atoms with Gasteiger partial charge in [-0.2, -0.15) is 0 Å². The molecule has 1 aliphatic rings. The summed E-state index contributed by atoms with van der Waals surface area (Å²) in [6, 6.07) is 8.69. The van der Waals surface area contributed by atoms with Crippen molar-refractivity contribution in [2.24, 2.45) is 0 Å². The smallest absolute Gasteiger partial charge is 0.408 e. The average molecular weight is 444 g/mol. The molecule has 7 heteroatoms. The molecule has 0 unspecified atom stereocenters. The Morgan fingerprint density at radius 3 is 2.31 bits per heavy atom. The number of nitrogens with one attached hydrogen (secondary N) is 1. The predicted molar refractivity (Wildman–Crippen MR) is 125 cm³/mol. The molecule has 1 aliphatic heterocycles. The Kier molecular flexibility index (Phi) is 9.29. The number of rotatable bonds is 8. The number of carbonyl (C=O) groups excluding carboxylic acids is 2. The minimum atomic E-state index is -1.14. The highest BCUT2D eigenvalue weighted by Crippen LogP contribution is 2.18. The zero-order chi connectivity index (χ0) is 23.7. The van der Waals surface area contributed by atoms with Crippen molar-refractivity contribution in [2.45, 2.75) is 77.4 Å². The average Bonchev–Trinajstić information content (AvgIpc) is 2.75. The van der Waals surface area contributed by atoms with Gasteiger partial charge >= 0.3 is 6.09 Å². The van der Waals surface area contributed by atoms with Crippen molar-refractivity contribution in [1.82, 2.24) is 15.1 Å². The first-order valence-corrected chi connectivity index (χ1v) is 11.4. The summed E-state index contributed by atoms with van der Waals surface area (Å²) < 4.78 is 0. The summed E-state index contributed by atoms with van der Waals surface area (Å²) in [5.41, 5.74) is 0.416. The molecule has 1 heterocycles. The second-order valence-electron chi connectivity index (χ2n) is 9.38. The molecule has 0 spiro atoms. The molecule has 2 N–H and O–H groups in total. The lowest BCUT2D eigenvalue weighted by Gasteiger charge is -2.37. The summed E-state index contributed by atoms with van der Waals surface area (Å²) in [6.45, 7) is 8.39. The van der Waals surface area contributed by atoms with Crippen LogP contribution < -0.4 is 5.32 Å². The first-order valence-electron chi connectivity index (χ1n) is 11.4. The van der Waals surface area contributed by atoms with E-state index in [1.54, 1.807) is 39.8 Å². The van der Waals surface area contributed by atoms with Crippen LogP contribution in [0.4, 0.5) is 4.79 Å². The number of benzene rings is 1. The van der Waals surface area contributed by atoms with Gasteiger partial charge in [-0.3, -0.25) is 14.5 Å². The minimum Gasteiger partial charge on any atom is -0.465 e. The molecular formula is C25H37N3O4. The van der Waals surface area contributed by atoms with Crippen molar-refractivity contribution in [2.75, 3.05) is 13.1 Å². The van der Waals surface area contributed by atoms with E-state index in [1.807, 2.05) is 35.2 Å². The molecule has 1 aromatic rings. The van der Waals surface area contributed by atoms with Crippen molar-refractivity contribution < 1.29 is 19.5 Å². The Morgan fingerprint density at radius 2 is 1.75 bits per heavy atom. The molecule has 1 aromatic carbocycles. The molecule has 0 aromatic heterocycles. The Balaban J connectivity index is 2.11. The van der Waals surface area contributed by atoms with Crippen LogP contribution in [0.3, 0.4) is 0 Å². The zero-order valence-electron chi connectivity index (χ0n) is 19.7. The zero-order valence-corrected chi connectivity index (χ0v) is 19.7. The van der Waals surface area contributed by atoms with Gasteiger partial charge in [0.2, 0.25) is 11.8 Å². The van der Waals surface area contributed by atoms with E-state index in [-0.39, 0.29) is 17.9 Å². The van der Waals surface area contributed by atoms with Gasteiger partial charge in [0.05, 0.1) is 0 Å². The molecule has 2 atom stereocenters.